The maximum absolute atomic E-state index is 6.30. The summed E-state index contributed by atoms with van der Waals surface area (Å²) in [4.78, 5) is 15.7. The van der Waals surface area contributed by atoms with Gasteiger partial charge in [-0.15, -0.1) is 0 Å². The van der Waals surface area contributed by atoms with E-state index >= 15 is 0 Å². The number of benzene rings is 9. The maximum atomic E-state index is 6.30. The van der Waals surface area contributed by atoms with Crippen molar-refractivity contribution in [1.82, 2.24) is 15.0 Å². The lowest BCUT2D eigenvalue weighted by Gasteiger charge is -2.13. The van der Waals surface area contributed by atoms with Crippen molar-refractivity contribution in [3.63, 3.8) is 0 Å². The molecule has 0 unspecified atom stereocenters. The van der Waals surface area contributed by atoms with Gasteiger partial charge in [-0.1, -0.05) is 146 Å². The van der Waals surface area contributed by atoms with E-state index in [1.807, 2.05) is 36.4 Å². The van der Waals surface area contributed by atoms with Crippen LogP contribution in [0.3, 0.4) is 0 Å². The fourth-order valence-corrected chi connectivity index (χ4v) is 8.57. The fourth-order valence-electron chi connectivity index (χ4n) is 8.57. The van der Waals surface area contributed by atoms with E-state index in [0.29, 0.717) is 17.5 Å². The van der Waals surface area contributed by atoms with Crippen LogP contribution in [0.2, 0.25) is 0 Å². The topological polar surface area (TPSA) is 65.0 Å². The van der Waals surface area contributed by atoms with Gasteiger partial charge in [0.05, 0.1) is 0 Å². The van der Waals surface area contributed by atoms with Gasteiger partial charge in [-0.3, -0.25) is 0 Å². The summed E-state index contributed by atoms with van der Waals surface area (Å²) in [5.74, 6) is 1.81. The van der Waals surface area contributed by atoms with Crippen molar-refractivity contribution in [2.75, 3.05) is 0 Å². The van der Waals surface area contributed by atoms with E-state index in [-0.39, 0.29) is 0 Å². The molecule has 9 aromatic carbocycles. The fraction of sp³-hybridized carbons (Fsp3) is 0. The van der Waals surface area contributed by atoms with E-state index < -0.39 is 0 Å². The highest BCUT2D eigenvalue weighted by Gasteiger charge is 2.19. The summed E-state index contributed by atoms with van der Waals surface area (Å²) in [7, 11) is 0. The quantitative estimate of drug-likeness (QED) is 0.176. The minimum atomic E-state index is 0.597. The third-order valence-electron chi connectivity index (χ3n) is 11.3. The van der Waals surface area contributed by atoms with Crippen LogP contribution in [0.4, 0.5) is 0 Å². The summed E-state index contributed by atoms with van der Waals surface area (Å²) >= 11 is 0. The van der Waals surface area contributed by atoms with Crippen LogP contribution in [0.25, 0.3) is 122 Å². The summed E-state index contributed by atoms with van der Waals surface area (Å²) in [5, 5.41) is 8.75. The average Bonchev–Trinajstić information content (AvgIpc) is 3.86. The second-order valence-corrected chi connectivity index (χ2v) is 14.7. The molecule has 3 aromatic heterocycles. The Kier molecular flexibility index (Phi) is 7.16. The molecule has 270 valence electrons. The number of aromatic nitrogens is 3. The first kappa shape index (κ1) is 32.4. The largest absolute Gasteiger partial charge is 0.456 e. The Morgan fingerprint density at radius 3 is 1.69 bits per heavy atom. The van der Waals surface area contributed by atoms with Gasteiger partial charge in [-0.25, -0.2) is 15.0 Å². The minimum absolute atomic E-state index is 0.597. The number of rotatable bonds is 5. The lowest BCUT2D eigenvalue weighted by Crippen LogP contribution is -2.01. The van der Waals surface area contributed by atoms with E-state index in [0.717, 1.165) is 104 Å². The van der Waals surface area contributed by atoms with Crippen LogP contribution >= 0.6 is 0 Å². The van der Waals surface area contributed by atoms with Crippen molar-refractivity contribution in [2.24, 2.45) is 0 Å². The lowest BCUT2D eigenvalue weighted by atomic mass is 9.93. The molecule has 0 amide bonds. The van der Waals surface area contributed by atoms with E-state index in [1.54, 1.807) is 0 Å². The standard InChI is InChI=1S/C53H31N3O2/c1-2-12-32(13-3-1)33-14-8-15-35(28-33)51-54-52(36-27-26-34-30-45-41-16-4-6-23-46(41)58-49(45)31-37(34)29-36)56-53(55-51)43-22-10-18-38-39(19-9-20-40(38)43)42-21-11-25-48-50(42)44-17-5-7-24-47(44)57-48/h1-31H. The molecule has 5 heteroatoms. The van der Waals surface area contributed by atoms with E-state index in [1.165, 1.54) is 0 Å². The number of para-hydroxylation sites is 2. The van der Waals surface area contributed by atoms with Crippen LogP contribution in [-0.2, 0) is 0 Å². The van der Waals surface area contributed by atoms with E-state index in [4.69, 9.17) is 23.8 Å². The van der Waals surface area contributed by atoms with Crippen molar-refractivity contribution in [3.05, 3.63) is 188 Å². The predicted molar refractivity (Wildman–Crippen MR) is 237 cm³/mol. The molecule has 0 N–H and O–H groups in total. The SMILES string of the molecule is c1ccc(-c2cccc(-c3nc(-c4ccc5cc6c(cc5c4)oc4ccccc46)nc(-c4cccc5c(-c6cccc7oc8ccccc8c67)cccc45)n3)c2)cc1. The van der Waals surface area contributed by atoms with Gasteiger partial charge in [0.1, 0.15) is 22.3 Å². The molecule has 0 radical (unpaired) electrons. The number of hydrogen-bond acceptors (Lipinski definition) is 5. The second-order valence-electron chi connectivity index (χ2n) is 14.7. The summed E-state index contributed by atoms with van der Waals surface area (Å²) in [5.41, 5.74) is 10.7. The monoisotopic (exact) mass is 741 g/mol. The molecule has 0 atom stereocenters. The average molecular weight is 742 g/mol. The number of hydrogen-bond donors (Lipinski definition) is 0. The van der Waals surface area contributed by atoms with Crippen molar-refractivity contribution in [2.45, 2.75) is 0 Å². The Labute approximate surface area is 332 Å². The summed E-state index contributed by atoms with van der Waals surface area (Å²) < 4.78 is 12.6. The van der Waals surface area contributed by atoms with Crippen LogP contribution < -0.4 is 0 Å². The Bertz CT molecular complexity index is 3580. The number of furan rings is 2. The van der Waals surface area contributed by atoms with Crippen LogP contribution in [0.15, 0.2) is 197 Å². The molecule has 0 aliphatic carbocycles. The van der Waals surface area contributed by atoms with Crippen molar-refractivity contribution < 1.29 is 8.83 Å². The first-order chi connectivity index (χ1) is 28.7. The zero-order chi connectivity index (χ0) is 38.2. The molecule has 5 nitrogen and oxygen atoms in total. The first-order valence-corrected chi connectivity index (χ1v) is 19.4. The maximum Gasteiger partial charge on any atom is 0.164 e. The highest BCUT2D eigenvalue weighted by molar-refractivity contribution is 6.16. The molecule has 0 saturated carbocycles. The number of nitrogens with zero attached hydrogens (tertiary/aromatic N) is 3. The van der Waals surface area contributed by atoms with E-state index in [2.05, 4.69) is 152 Å². The third kappa shape index (κ3) is 5.21. The second kappa shape index (κ2) is 12.8. The molecular weight excluding hydrogens is 711 g/mol. The molecule has 3 heterocycles. The Hall–Kier alpha value is -7.89. The normalized spacial score (nSPS) is 11.8. The minimum Gasteiger partial charge on any atom is -0.456 e. The Balaban J connectivity index is 1.06. The van der Waals surface area contributed by atoms with Crippen LogP contribution in [-0.4, -0.2) is 15.0 Å². The van der Waals surface area contributed by atoms with Gasteiger partial charge in [0, 0.05) is 38.2 Å². The smallest absolute Gasteiger partial charge is 0.164 e. The molecule has 12 rings (SSSR count). The van der Waals surface area contributed by atoms with Gasteiger partial charge < -0.3 is 8.83 Å². The zero-order valence-corrected chi connectivity index (χ0v) is 31.1. The van der Waals surface area contributed by atoms with Gasteiger partial charge in [-0.05, 0) is 86.3 Å². The predicted octanol–water partition coefficient (Wildman–Crippen LogP) is 14.3. The number of fused-ring (bicyclic) bond motifs is 8. The van der Waals surface area contributed by atoms with Gasteiger partial charge >= 0.3 is 0 Å². The molecule has 0 spiro atoms. The third-order valence-corrected chi connectivity index (χ3v) is 11.3. The van der Waals surface area contributed by atoms with Gasteiger partial charge in [0.25, 0.3) is 0 Å². The lowest BCUT2D eigenvalue weighted by molar-refractivity contribution is 0.669. The molecule has 0 fully saturated rings. The highest BCUT2D eigenvalue weighted by atomic mass is 16.3. The van der Waals surface area contributed by atoms with Crippen LogP contribution in [0, 0.1) is 0 Å². The molecule has 0 aliphatic rings. The van der Waals surface area contributed by atoms with E-state index in [9.17, 15) is 0 Å². The molecule has 12 aromatic rings. The Morgan fingerprint density at radius 1 is 0.276 bits per heavy atom. The first-order valence-electron chi connectivity index (χ1n) is 19.4. The molecule has 58 heavy (non-hydrogen) atoms. The molecular formula is C53H31N3O2. The van der Waals surface area contributed by atoms with Gasteiger partial charge in [-0.2, -0.15) is 0 Å². The van der Waals surface area contributed by atoms with Crippen LogP contribution in [0.1, 0.15) is 0 Å². The zero-order valence-electron chi connectivity index (χ0n) is 31.1. The Morgan fingerprint density at radius 2 is 0.845 bits per heavy atom. The summed E-state index contributed by atoms with van der Waals surface area (Å²) in [6.45, 7) is 0. The summed E-state index contributed by atoms with van der Waals surface area (Å²) in [6.07, 6.45) is 0. The van der Waals surface area contributed by atoms with Crippen molar-refractivity contribution in [3.8, 4) is 56.4 Å². The molecule has 0 saturated heterocycles. The highest BCUT2D eigenvalue weighted by Crippen LogP contribution is 2.41. The van der Waals surface area contributed by atoms with Crippen LogP contribution in [0.5, 0.6) is 0 Å². The molecule has 0 aliphatic heterocycles. The van der Waals surface area contributed by atoms with Gasteiger partial charge in [0.2, 0.25) is 0 Å². The van der Waals surface area contributed by atoms with Crippen molar-refractivity contribution in [1.29, 1.82) is 0 Å². The van der Waals surface area contributed by atoms with Crippen molar-refractivity contribution >= 4 is 65.4 Å². The van der Waals surface area contributed by atoms with Gasteiger partial charge in [0.15, 0.2) is 17.5 Å². The summed E-state index contributed by atoms with van der Waals surface area (Å²) in [6, 6.07) is 65.2. The molecule has 0 bridgehead atoms.